The SMILES string of the molecule is CCC(O)(CC)CNc1nc(N)nc(-n2cccn2)n1. The first kappa shape index (κ1) is 14.2. The molecule has 0 saturated heterocycles. The van der Waals surface area contributed by atoms with Crippen LogP contribution >= 0.6 is 0 Å². The van der Waals surface area contributed by atoms with E-state index in [9.17, 15) is 5.11 Å². The molecule has 108 valence electrons. The second kappa shape index (κ2) is 5.83. The number of aliphatic hydroxyl groups is 1. The molecule has 0 atom stereocenters. The van der Waals surface area contributed by atoms with Crippen LogP contribution in [0.4, 0.5) is 11.9 Å². The Bertz CT molecular complexity index is 551. The number of nitrogen functional groups attached to an aromatic ring is 1. The summed E-state index contributed by atoms with van der Waals surface area (Å²) in [6, 6.07) is 1.76. The van der Waals surface area contributed by atoms with Crippen molar-refractivity contribution in [1.82, 2.24) is 24.7 Å². The van der Waals surface area contributed by atoms with Crippen molar-refractivity contribution in [3.8, 4) is 5.95 Å². The molecule has 0 aromatic carbocycles. The van der Waals surface area contributed by atoms with Gasteiger partial charge in [-0.2, -0.15) is 20.1 Å². The molecule has 0 saturated carbocycles. The summed E-state index contributed by atoms with van der Waals surface area (Å²) in [5.41, 5.74) is 4.88. The Morgan fingerprint density at radius 2 is 2.05 bits per heavy atom. The lowest BCUT2D eigenvalue weighted by atomic mass is 9.98. The highest BCUT2D eigenvalue weighted by Crippen LogP contribution is 2.15. The predicted octanol–water partition coefficient (Wildman–Crippen LogP) is 0.602. The monoisotopic (exact) mass is 277 g/mol. The molecule has 8 heteroatoms. The van der Waals surface area contributed by atoms with Crippen molar-refractivity contribution in [3.05, 3.63) is 18.5 Å². The van der Waals surface area contributed by atoms with Gasteiger partial charge in [-0.15, -0.1) is 0 Å². The maximum atomic E-state index is 10.2. The topological polar surface area (TPSA) is 115 Å². The van der Waals surface area contributed by atoms with Crippen molar-refractivity contribution >= 4 is 11.9 Å². The largest absolute Gasteiger partial charge is 0.388 e. The van der Waals surface area contributed by atoms with Gasteiger partial charge >= 0.3 is 0 Å². The van der Waals surface area contributed by atoms with E-state index in [0.29, 0.717) is 31.3 Å². The lowest BCUT2D eigenvalue weighted by Gasteiger charge is -2.25. The average molecular weight is 277 g/mol. The Hall–Kier alpha value is -2.22. The molecule has 8 nitrogen and oxygen atoms in total. The molecule has 2 aromatic heterocycles. The quantitative estimate of drug-likeness (QED) is 0.708. The number of rotatable bonds is 6. The van der Waals surface area contributed by atoms with Crippen molar-refractivity contribution in [3.63, 3.8) is 0 Å². The van der Waals surface area contributed by atoms with Crippen LogP contribution in [0.5, 0.6) is 0 Å². The minimum Gasteiger partial charge on any atom is -0.388 e. The Labute approximate surface area is 117 Å². The van der Waals surface area contributed by atoms with Gasteiger partial charge in [-0.25, -0.2) is 4.68 Å². The third kappa shape index (κ3) is 3.21. The second-order valence-electron chi connectivity index (χ2n) is 4.55. The molecule has 0 aliphatic heterocycles. The van der Waals surface area contributed by atoms with Crippen LogP contribution in [0, 0.1) is 0 Å². The van der Waals surface area contributed by atoms with Crippen LogP contribution in [0.15, 0.2) is 18.5 Å². The summed E-state index contributed by atoms with van der Waals surface area (Å²) in [5, 5.41) is 17.3. The Morgan fingerprint density at radius 1 is 1.30 bits per heavy atom. The lowest BCUT2D eigenvalue weighted by molar-refractivity contribution is 0.0455. The molecule has 2 heterocycles. The van der Waals surface area contributed by atoms with Crippen molar-refractivity contribution in [1.29, 1.82) is 0 Å². The maximum absolute atomic E-state index is 10.2. The minimum absolute atomic E-state index is 0.101. The third-order valence-electron chi connectivity index (χ3n) is 3.24. The van der Waals surface area contributed by atoms with E-state index in [4.69, 9.17) is 5.73 Å². The van der Waals surface area contributed by atoms with Gasteiger partial charge in [0.2, 0.25) is 11.9 Å². The summed E-state index contributed by atoms with van der Waals surface area (Å²) in [6.45, 7) is 4.21. The number of nitrogens with one attached hydrogen (secondary N) is 1. The van der Waals surface area contributed by atoms with E-state index < -0.39 is 5.60 Å². The number of nitrogens with zero attached hydrogens (tertiary/aromatic N) is 5. The molecule has 0 bridgehead atoms. The summed E-state index contributed by atoms with van der Waals surface area (Å²) in [6.07, 6.45) is 4.62. The Morgan fingerprint density at radius 3 is 2.65 bits per heavy atom. The van der Waals surface area contributed by atoms with Gasteiger partial charge < -0.3 is 16.2 Å². The molecule has 0 unspecified atom stereocenters. The first-order valence-corrected chi connectivity index (χ1v) is 6.54. The van der Waals surface area contributed by atoms with E-state index in [0.717, 1.165) is 0 Å². The smallest absolute Gasteiger partial charge is 0.257 e. The fourth-order valence-corrected chi connectivity index (χ4v) is 1.69. The summed E-state index contributed by atoms with van der Waals surface area (Å²) in [7, 11) is 0. The van der Waals surface area contributed by atoms with Crippen LogP contribution < -0.4 is 11.1 Å². The Kier molecular flexibility index (Phi) is 4.14. The van der Waals surface area contributed by atoms with E-state index in [1.807, 2.05) is 13.8 Å². The number of anilines is 2. The Balaban J connectivity index is 2.17. The normalized spacial score (nSPS) is 11.6. The zero-order valence-electron chi connectivity index (χ0n) is 11.6. The molecule has 0 fully saturated rings. The molecule has 2 aromatic rings. The molecule has 0 radical (unpaired) electrons. The van der Waals surface area contributed by atoms with Gasteiger partial charge in [-0.05, 0) is 18.9 Å². The van der Waals surface area contributed by atoms with Gasteiger partial charge in [-0.3, -0.25) is 0 Å². The molecule has 0 amide bonds. The number of hydrogen-bond acceptors (Lipinski definition) is 7. The fourth-order valence-electron chi connectivity index (χ4n) is 1.69. The molecule has 0 aliphatic carbocycles. The van der Waals surface area contributed by atoms with Gasteiger partial charge in [0.1, 0.15) is 0 Å². The summed E-state index contributed by atoms with van der Waals surface area (Å²) in [4.78, 5) is 12.2. The minimum atomic E-state index is -0.784. The highest BCUT2D eigenvalue weighted by atomic mass is 16.3. The highest BCUT2D eigenvalue weighted by molar-refractivity contribution is 5.35. The van der Waals surface area contributed by atoms with Crippen molar-refractivity contribution in [2.75, 3.05) is 17.6 Å². The van der Waals surface area contributed by atoms with E-state index >= 15 is 0 Å². The van der Waals surface area contributed by atoms with Crippen LogP contribution in [0.2, 0.25) is 0 Å². The van der Waals surface area contributed by atoms with Crippen LogP contribution in [-0.4, -0.2) is 42.0 Å². The first-order chi connectivity index (χ1) is 9.56. The zero-order valence-corrected chi connectivity index (χ0v) is 11.6. The maximum Gasteiger partial charge on any atom is 0.257 e. The van der Waals surface area contributed by atoms with Crippen molar-refractivity contribution in [2.45, 2.75) is 32.3 Å². The molecule has 20 heavy (non-hydrogen) atoms. The summed E-state index contributed by atoms with van der Waals surface area (Å²) in [5.74, 6) is 0.759. The van der Waals surface area contributed by atoms with Crippen molar-refractivity contribution in [2.24, 2.45) is 0 Å². The van der Waals surface area contributed by atoms with Crippen molar-refractivity contribution < 1.29 is 5.11 Å². The number of nitrogens with two attached hydrogens (primary N) is 1. The predicted molar refractivity (Wildman–Crippen MR) is 75.4 cm³/mol. The summed E-state index contributed by atoms with van der Waals surface area (Å²) < 4.78 is 1.50. The van der Waals surface area contributed by atoms with Crippen LogP contribution in [-0.2, 0) is 0 Å². The van der Waals surface area contributed by atoms with E-state index in [1.165, 1.54) is 4.68 Å². The zero-order chi connectivity index (χ0) is 14.6. The molecule has 2 rings (SSSR count). The van der Waals surface area contributed by atoms with Gasteiger partial charge in [0, 0.05) is 18.9 Å². The number of aromatic nitrogens is 5. The highest BCUT2D eigenvalue weighted by Gasteiger charge is 2.22. The molecule has 0 spiro atoms. The van der Waals surface area contributed by atoms with Crippen LogP contribution in [0.3, 0.4) is 0 Å². The van der Waals surface area contributed by atoms with Crippen LogP contribution in [0.25, 0.3) is 5.95 Å². The first-order valence-electron chi connectivity index (χ1n) is 6.54. The van der Waals surface area contributed by atoms with E-state index in [1.54, 1.807) is 18.5 Å². The molecular weight excluding hydrogens is 258 g/mol. The van der Waals surface area contributed by atoms with Gasteiger partial charge in [0.05, 0.1) is 5.60 Å². The molecular formula is C12H19N7O. The third-order valence-corrected chi connectivity index (χ3v) is 3.24. The van der Waals surface area contributed by atoms with Gasteiger partial charge in [0.15, 0.2) is 0 Å². The second-order valence-corrected chi connectivity index (χ2v) is 4.55. The van der Waals surface area contributed by atoms with Gasteiger partial charge in [-0.1, -0.05) is 13.8 Å². The summed E-state index contributed by atoms with van der Waals surface area (Å²) >= 11 is 0. The fraction of sp³-hybridized carbons (Fsp3) is 0.500. The average Bonchev–Trinajstić information content (AvgIpc) is 2.98. The lowest BCUT2D eigenvalue weighted by Crippen LogP contribution is -2.36. The van der Waals surface area contributed by atoms with Gasteiger partial charge in [0.25, 0.3) is 5.95 Å². The standard InChI is InChI=1S/C12H19N7O/c1-3-12(20,4-2)8-14-10-16-9(13)17-11(18-10)19-7-5-6-15-19/h5-7,20H,3-4,8H2,1-2H3,(H3,13,14,16,17,18). The molecule has 4 N–H and O–H groups in total. The van der Waals surface area contributed by atoms with Crippen LogP contribution in [0.1, 0.15) is 26.7 Å². The number of hydrogen-bond donors (Lipinski definition) is 3. The van der Waals surface area contributed by atoms with E-state index in [-0.39, 0.29) is 5.95 Å². The molecule has 0 aliphatic rings. The van der Waals surface area contributed by atoms with E-state index in [2.05, 4.69) is 25.4 Å².